The van der Waals surface area contributed by atoms with E-state index in [4.69, 9.17) is 4.74 Å². The molecule has 2 aromatic carbocycles. The van der Waals surface area contributed by atoms with E-state index in [0.717, 1.165) is 33.3 Å². The van der Waals surface area contributed by atoms with Crippen LogP contribution in [0.3, 0.4) is 0 Å². The standard InChI is InChI=1S/C23H25N3O2S/c1-17-25-20(16-29-17)15-28-22-7-5-4-6-19(22)10-13-23(27)24-14-18-8-11-21(12-9-18)26(2)3/h4-13,16H,14-15H2,1-3H3,(H,24,27)/b13-10+. The van der Waals surface area contributed by atoms with Gasteiger partial charge < -0.3 is 15.0 Å². The van der Waals surface area contributed by atoms with Crippen LogP contribution in [0.1, 0.15) is 21.8 Å². The number of aryl methyl sites for hydroxylation is 1. The molecule has 29 heavy (non-hydrogen) atoms. The van der Waals surface area contributed by atoms with Gasteiger partial charge in [-0.2, -0.15) is 0 Å². The number of nitrogens with one attached hydrogen (secondary N) is 1. The van der Waals surface area contributed by atoms with Crippen molar-refractivity contribution in [1.82, 2.24) is 10.3 Å². The van der Waals surface area contributed by atoms with Crippen molar-refractivity contribution in [3.05, 3.63) is 81.8 Å². The van der Waals surface area contributed by atoms with Crippen LogP contribution >= 0.6 is 11.3 Å². The molecule has 0 fully saturated rings. The summed E-state index contributed by atoms with van der Waals surface area (Å²) in [7, 11) is 4.00. The minimum Gasteiger partial charge on any atom is -0.487 e. The summed E-state index contributed by atoms with van der Waals surface area (Å²) in [5.74, 6) is 0.577. The van der Waals surface area contributed by atoms with Crippen LogP contribution in [-0.2, 0) is 17.9 Å². The van der Waals surface area contributed by atoms with Crippen molar-refractivity contribution in [2.45, 2.75) is 20.1 Å². The molecular weight excluding hydrogens is 382 g/mol. The number of hydrogen-bond donors (Lipinski definition) is 1. The number of amides is 1. The van der Waals surface area contributed by atoms with Crippen molar-refractivity contribution in [2.75, 3.05) is 19.0 Å². The third-order valence-electron chi connectivity index (χ3n) is 4.29. The van der Waals surface area contributed by atoms with E-state index in [1.54, 1.807) is 17.4 Å². The number of rotatable bonds is 8. The van der Waals surface area contributed by atoms with E-state index >= 15 is 0 Å². The van der Waals surface area contributed by atoms with E-state index in [1.807, 2.05) is 79.8 Å². The van der Waals surface area contributed by atoms with Gasteiger partial charge in [0.05, 0.1) is 10.7 Å². The molecule has 6 heteroatoms. The number of nitrogens with zero attached hydrogens (tertiary/aromatic N) is 2. The molecule has 0 spiro atoms. The van der Waals surface area contributed by atoms with E-state index in [2.05, 4.69) is 10.3 Å². The number of carbonyl (C=O) groups excluding carboxylic acids is 1. The minimum atomic E-state index is -0.147. The lowest BCUT2D eigenvalue weighted by atomic mass is 10.2. The molecule has 0 atom stereocenters. The number of hydrogen-bond acceptors (Lipinski definition) is 5. The Hall–Kier alpha value is -3.12. The molecule has 150 valence electrons. The van der Waals surface area contributed by atoms with Crippen molar-refractivity contribution in [3.63, 3.8) is 0 Å². The lowest BCUT2D eigenvalue weighted by Gasteiger charge is -2.12. The number of aromatic nitrogens is 1. The van der Waals surface area contributed by atoms with Crippen LogP contribution in [0.4, 0.5) is 5.69 Å². The summed E-state index contributed by atoms with van der Waals surface area (Å²) < 4.78 is 5.89. The van der Waals surface area contributed by atoms with Crippen molar-refractivity contribution >= 4 is 29.0 Å². The van der Waals surface area contributed by atoms with Gasteiger partial charge in [0.2, 0.25) is 5.91 Å². The van der Waals surface area contributed by atoms with Gasteiger partial charge in [0.15, 0.2) is 0 Å². The molecule has 0 saturated heterocycles. The van der Waals surface area contributed by atoms with E-state index in [-0.39, 0.29) is 5.91 Å². The van der Waals surface area contributed by atoms with Crippen molar-refractivity contribution in [3.8, 4) is 5.75 Å². The summed E-state index contributed by atoms with van der Waals surface area (Å²) in [6, 6.07) is 15.8. The van der Waals surface area contributed by atoms with E-state index in [0.29, 0.717) is 13.2 Å². The topological polar surface area (TPSA) is 54.5 Å². The molecular formula is C23H25N3O2S. The Morgan fingerprint density at radius 2 is 1.93 bits per heavy atom. The van der Waals surface area contributed by atoms with Gasteiger partial charge in [-0.3, -0.25) is 4.79 Å². The Morgan fingerprint density at radius 1 is 1.17 bits per heavy atom. The molecule has 1 amide bonds. The van der Waals surface area contributed by atoms with Crippen molar-refractivity contribution in [1.29, 1.82) is 0 Å². The van der Waals surface area contributed by atoms with E-state index in [1.165, 1.54) is 6.08 Å². The van der Waals surface area contributed by atoms with Crippen LogP contribution in [0.15, 0.2) is 60.0 Å². The predicted molar refractivity (Wildman–Crippen MR) is 119 cm³/mol. The number of para-hydroxylation sites is 1. The van der Waals surface area contributed by atoms with Crippen LogP contribution in [0.2, 0.25) is 0 Å². The van der Waals surface area contributed by atoms with Gasteiger partial charge in [-0.1, -0.05) is 30.3 Å². The summed E-state index contributed by atoms with van der Waals surface area (Å²) in [4.78, 5) is 18.7. The Morgan fingerprint density at radius 3 is 2.62 bits per heavy atom. The quantitative estimate of drug-likeness (QED) is 0.562. The second-order valence-corrected chi connectivity index (χ2v) is 7.86. The fourth-order valence-electron chi connectivity index (χ4n) is 2.70. The third-order valence-corrected chi connectivity index (χ3v) is 5.12. The van der Waals surface area contributed by atoms with Crippen LogP contribution in [0.25, 0.3) is 6.08 Å². The lowest BCUT2D eigenvalue weighted by Crippen LogP contribution is -2.20. The molecule has 1 N–H and O–H groups in total. The lowest BCUT2D eigenvalue weighted by molar-refractivity contribution is -0.116. The van der Waals surface area contributed by atoms with Gasteiger partial charge in [0.25, 0.3) is 0 Å². The maximum atomic E-state index is 12.2. The second kappa shape index (κ2) is 9.89. The number of thiazole rings is 1. The minimum absolute atomic E-state index is 0.147. The molecule has 3 rings (SSSR count). The first-order chi connectivity index (χ1) is 14.0. The number of anilines is 1. The molecule has 0 unspecified atom stereocenters. The van der Waals surface area contributed by atoms with Crippen LogP contribution < -0.4 is 15.0 Å². The van der Waals surface area contributed by atoms with Crippen LogP contribution in [0.5, 0.6) is 5.75 Å². The average Bonchev–Trinajstić information content (AvgIpc) is 3.15. The number of benzene rings is 2. The van der Waals surface area contributed by atoms with Gasteiger partial charge in [0.1, 0.15) is 12.4 Å². The summed E-state index contributed by atoms with van der Waals surface area (Å²) in [5.41, 5.74) is 3.94. The molecule has 0 aliphatic carbocycles. The normalized spacial score (nSPS) is 10.9. The molecule has 5 nitrogen and oxygen atoms in total. The fourth-order valence-corrected chi connectivity index (χ4v) is 3.30. The fraction of sp³-hybridized carbons (Fsp3) is 0.217. The van der Waals surface area contributed by atoms with Crippen LogP contribution in [0, 0.1) is 6.92 Å². The van der Waals surface area contributed by atoms with Gasteiger partial charge in [0, 0.05) is 43.3 Å². The Labute approximate surface area is 175 Å². The average molecular weight is 408 g/mol. The maximum Gasteiger partial charge on any atom is 0.244 e. The zero-order valence-corrected chi connectivity index (χ0v) is 17.7. The largest absolute Gasteiger partial charge is 0.487 e. The summed E-state index contributed by atoms with van der Waals surface area (Å²) in [6.07, 6.45) is 3.30. The highest BCUT2D eigenvalue weighted by atomic mass is 32.1. The van der Waals surface area contributed by atoms with Crippen LogP contribution in [-0.4, -0.2) is 25.0 Å². The number of ether oxygens (including phenoxy) is 1. The first-order valence-corrected chi connectivity index (χ1v) is 10.2. The molecule has 0 bridgehead atoms. The maximum absolute atomic E-state index is 12.2. The van der Waals surface area contributed by atoms with E-state index < -0.39 is 0 Å². The predicted octanol–water partition coefficient (Wildman–Crippen LogP) is 4.43. The zero-order valence-electron chi connectivity index (χ0n) is 16.9. The Balaban J connectivity index is 1.55. The first-order valence-electron chi connectivity index (χ1n) is 9.36. The SMILES string of the molecule is Cc1nc(COc2ccccc2/C=C/C(=O)NCc2ccc(N(C)C)cc2)cs1. The first kappa shape index (κ1) is 20.6. The highest BCUT2D eigenvalue weighted by Gasteiger charge is 2.04. The molecule has 0 saturated carbocycles. The van der Waals surface area contributed by atoms with E-state index in [9.17, 15) is 4.79 Å². The highest BCUT2D eigenvalue weighted by Crippen LogP contribution is 2.21. The molecule has 3 aromatic rings. The van der Waals surface area contributed by atoms with Gasteiger partial charge in [-0.05, 0) is 36.8 Å². The molecule has 1 aromatic heterocycles. The third kappa shape index (κ3) is 6.19. The van der Waals surface area contributed by atoms with Gasteiger partial charge >= 0.3 is 0 Å². The van der Waals surface area contributed by atoms with Gasteiger partial charge in [-0.25, -0.2) is 4.98 Å². The number of carbonyl (C=O) groups is 1. The Bertz CT molecular complexity index is 978. The summed E-state index contributed by atoms with van der Waals surface area (Å²) in [5, 5.41) is 5.92. The highest BCUT2D eigenvalue weighted by molar-refractivity contribution is 7.09. The van der Waals surface area contributed by atoms with Crippen molar-refractivity contribution in [2.24, 2.45) is 0 Å². The smallest absolute Gasteiger partial charge is 0.244 e. The molecule has 0 radical (unpaired) electrons. The van der Waals surface area contributed by atoms with Gasteiger partial charge in [-0.15, -0.1) is 11.3 Å². The molecule has 0 aliphatic heterocycles. The summed E-state index contributed by atoms with van der Waals surface area (Å²) >= 11 is 1.60. The second-order valence-electron chi connectivity index (χ2n) is 6.80. The molecule has 0 aliphatic rings. The zero-order chi connectivity index (χ0) is 20.6. The monoisotopic (exact) mass is 407 g/mol. The molecule has 1 heterocycles. The van der Waals surface area contributed by atoms with Crippen molar-refractivity contribution < 1.29 is 9.53 Å². The summed E-state index contributed by atoms with van der Waals surface area (Å²) in [6.45, 7) is 2.86. The Kier molecular flexibility index (Phi) is 7.03.